The number of aromatic nitrogens is 2. The third kappa shape index (κ3) is 4.67. The standard InChI is InChI=1S/C26H33N3O2/c1-17(2)18-10-12-21(13-11-18)29-16-20-14-24(22(26(3,4)31)15-23(20)28-29)27-25(30)19-8-6-5-7-9-19/h5-9,14-18,21,31H,10-13H2,1-4H3,(H,27,30)/t18-,21-. The Hall–Kier alpha value is -2.66. The van der Waals surface area contributed by atoms with Crippen LogP contribution in [0.15, 0.2) is 48.7 Å². The first-order valence-electron chi connectivity index (χ1n) is 11.3. The lowest BCUT2D eigenvalue weighted by Crippen LogP contribution is -2.21. The second kappa shape index (κ2) is 8.46. The van der Waals surface area contributed by atoms with Gasteiger partial charge >= 0.3 is 0 Å². The molecule has 2 aromatic carbocycles. The van der Waals surface area contributed by atoms with Crippen LogP contribution in [0.2, 0.25) is 0 Å². The van der Waals surface area contributed by atoms with E-state index in [9.17, 15) is 9.90 Å². The largest absolute Gasteiger partial charge is 0.386 e. The molecule has 31 heavy (non-hydrogen) atoms. The van der Waals surface area contributed by atoms with Crippen LogP contribution in [0.25, 0.3) is 10.9 Å². The molecule has 1 fully saturated rings. The van der Waals surface area contributed by atoms with Gasteiger partial charge in [0.15, 0.2) is 0 Å². The van der Waals surface area contributed by atoms with Gasteiger partial charge in [0, 0.05) is 28.4 Å². The lowest BCUT2D eigenvalue weighted by atomic mass is 9.80. The van der Waals surface area contributed by atoms with Crippen molar-refractivity contribution >= 4 is 22.5 Å². The predicted molar refractivity (Wildman–Crippen MR) is 125 cm³/mol. The summed E-state index contributed by atoms with van der Waals surface area (Å²) in [6, 6.07) is 13.4. The molecular formula is C26H33N3O2. The molecule has 2 N–H and O–H groups in total. The van der Waals surface area contributed by atoms with Crippen LogP contribution < -0.4 is 5.32 Å². The van der Waals surface area contributed by atoms with Gasteiger partial charge in [0.05, 0.1) is 17.2 Å². The maximum Gasteiger partial charge on any atom is 0.255 e. The minimum Gasteiger partial charge on any atom is -0.386 e. The summed E-state index contributed by atoms with van der Waals surface area (Å²) in [4.78, 5) is 12.8. The Kier molecular flexibility index (Phi) is 5.89. The molecule has 1 aliphatic rings. The van der Waals surface area contributed by atoms with Crippen molar-refractivity contribution in [3.05, 3.63) is 59.8 Å². The van der Waals surface area contributed by atoms with E-state index in [-0.39, 0.29) is 5.91 Å². The topological polar surface area (TPSA) is 67.2 Å². The molecule has 0 aliphatic heterocycles. The lowest BCUT2D eigenvalue weighted by Gasteiger charge is -2.30. The highest BCUT2D eigenvalue weighted by molar-refractivity contribution is 6.05. The fourth-order valence-corrected chi connectivity index (χ4v) is 4.70. The van der Waals surface area contributed by atoms with Crippen LogP contribution in [-0.2, 0) is 5.60 Å². The Balaban J connectivity index is 1.64. The molecule has 164 valence electrons. The number of nitrogens with zero attached hydrogens (tertiary/aromatic N) is 2. The predicted octanol–water partition coefficient (Wildman–Crippen LogP) is 5.90. The highest BCUT2D eigenvalue weighted by atomic mass is 16.3. The second-order valence-electron chi connectivity index (χ2n) is 9.76. The summed E-state index contributed by atoms with van der Waals surface area (Å²) >= 11 is 0. The first-order valence-corrected chi connectivity index (χ1v) is 11.3. The van der Waals surface area contributed by atoms with Crippen LogP contribution >= 0.6 is 0 Å². The molecule has 1 amide bonds. The van der Waals surface area contributed by atoms with Gasteiger partial charge in [-0.3, -0.25) is 9.48 Å². The van der Waals surface area contributed by atoms with Crippen molar-refractivity contribution in [2.24, 2.45) is 11.8 Å². The molecular weight excluding hydrogens is 386 g/mol. The zero-order valence-electron chi connectivity index (χ0n) is 18.9. The van der Waals surface area contributed by atoms with E-state index in [1.54, 1.807) is 26.0 Å². The van der Waals surface area contributed by atoms with Gasteiger partial charge in [0.2, 0.25) is 0 Å². The molecule has 0 bridgehead atoms. The summed E-state index contributed by atoms with van der Waals surface area (Å²) in [6.45, 7) is 8.10. The first-order chi connectivity index (χ1) is 14.7. The smallest absolute Gasteiger partial charge is 0.255 e. The minimum atomic E-state index is -1.10. The summed E-state index contributed by atoms with van der Waals surface area (Å²) in [5, 5.41) is 19.6. The number of benzene rings is 2. The molecule has 1 aliphatic carbocycles. The normalized spacial score (nSPS) is 19.7. The molecule has 0 radical (unpaired) electrons. The van der Waals surface area contributed by atoms with Crippen LogP contribution in [0.5, 0.6) is 0 Å². The Bertz CT molecular complexity index is 1060. The molecule has 5 heteroatoms. The number of carbonyl (C=O) groups excluding carboxylic acids is 1. The van der Waals surface area contributed by atoms with Crippen molar-refractivity contribution in [1.82, 2.24) is 9.78 Å². The van der Waals surface area contributed by atoms with Crippen molar-refractivity contribution in [1.29, 1.82) is 0 Å². The number of nitrogens with one attached hydrogen (secondary N) is 1. The van der Waals surface area contributed by atoms with Gasteiger partial charge in [-0.1, -0.05) is 32.0 Å². The molecule has 3 aromatic rings. The quantitative estimate of drug-likeness (QED) is 0.541. The maximum atomic E-state index is 12.8. The van der Waals surface area contributed by atoms with E-state index in [4.69, 9.17) is 5.10 Å². The number of fused-ring (bicyclic) bond motifs is 1. The zero-order chi connectivity index (χ0) is 22.2. The third-order valence-corrected chi connectivity index (χ3v) is 6.66. The first kappa shape index (κ1) is 21.6. The van der Waals surface area contributed by atoms with Gasteiger partial charge in [-0.2, -0.15) is 5.10 Å². The maximum absolute atomic E-state index is 12.8. The summed E-state index contributed by atoms with van der Waals surface area (Å²) < 4.78 is 2.10. The number of amides is 1. The van der Waals surface area contributed by atoms with Crippen molar-refractivity contribution in [2.75, 3.05) is 5.32 Å². The number of rotatable bonds is 5. The Morgan fingerprint density at radius 2 is 1.81 bits per heavy atom. The average Bonchev–Trinajstić information content (AvgIpc) is 3.16. The molecule has 5 nitrogen and oxygen atoms in total. The van der Waals surface area contributed by atoms with Crippen LogP contribution in [0.3, 0.4) is 0 Å². The summed E-state index contributed by atoms with van der Waals surface area (Å²) in [6.07, 6.45) is 6.86. The molecule has 0 atom stereocenters. The van der Waals surface area contributed by atoms with Gasteiger partial charge in [-0.15, -0.1) is 0 Å². The van der Waals surface area contributed by atoms with E-state index < -0.39 is 5.60 Å². The second-order valence-corrected chi connectivity index (χ2v) is 9.76. The Labute approximate surface area is 184 Å². The van der Waals surface area contributed by atoms with Crippen LogP contribution in [0.4, 0.5) is 5.69 Å². The highest BCUT2D eigenvalue weighted by Gasteiger charge is 2.26. The minimum absolute atomic E-state index is 0.190. The van der Waals surface area contributed by atoms with Crippen LogP contribution in [-0.4, -0.2) is 20.8 Å². The van der Waals surface area contributed by atoms with E-state index >= 15 is 0 Å². The molecule has 0 saturated heterocycles. The Morgan fingerprint density at radius 1 is 1.13 bits per heavy atom. The summed E-state index contributed by atoms with van der Waals surface area (Å²) in [5.74, 6) is 1.36. The molecule has 4 rings (SSSR count). The van der Waals surface area contributed by atoms with E-state index in [2.05, 4.69) is 30.0 Å². The molecule has 0 unspecified atom stereocenters. The number of aliphatic hydroxyl groups is 1. The van der Waals surface area contributed by atoms with Crippen LogP contribution in [0.1, 0.15) is 75.3 Å². The fourth-order valence-electron chi connectivity index (χ4n) is 4.70. The highest BCUT2D eigenvalue weighted by Crippen LogP contribution is 2.37. The number of carbonyl (C=O) groups is 1. The number of hydrogen-bond acceptors (Lipinski definition) is 3. The van der Waals surface area contributed by atoms with E-state index in [0.29, 0.717) is 22.9 Å². The van der Waals surface area contributed by atoms with Gasteiger partial charge in [-0.05, 0) is 75.6 Å². The van der Waals surface area contributed by atoms with Gasteiger partial charge in [0.25, 0.3) is 5.91 Å². The van der Waals surface area contributed by atoms with E-state index in [1.165, 1.54) is 12.8 Å². The summed E-state index contributed by atoms with van der Waals surface area (Å²) in [7, 11) is 0. The van der Waals surface area contributed by atoms with Gasteiger partial charge in [0.1, 0.15) is 0 Å². The fraction of sp³-hybridized carbons (Fsp3) is 0.462. The number of hydrogen-bond donors (Lipinski definition) is 2. The average molecular weight is 420 g/mol. The third-order valence-electron chi connectivity index (χ3n) is 6.66. The van der Waals surface area contributed by atoms with E-state index in [1.807, 2.05) is 30.3 Å². The lowest BCUT2D eigenvalue weighted by molar-refractivity contribution is 0.0794. The molecule has 0 spiro atoms. The van der Waals surface area contributed by atoms with Crippen molar-refractivity contribution in [3.63, 3.8) is 0 Å². The van der Waals surface area contributed by atoms with Crippen molar-refractivity contribution in [2.45, 2.75) is 65.0 Å². The molecule has 1 saturated carbocycles. The van der Waals surface area contributed by atoms with Crippen molar-refractivity contribution in [3.8, 4) is 0 Å². The molecule has 1 heterocycles. The Morgan fingerprint density at radius 3 is 2.42 bits per heavy atom. The zero-order valence-corrected chi connectivity index (χ0v) is 18.9. The SMILES string of the molecule is CC(C)[C@H]1CC[C@H](n2cc3cc(NC(=O)c4ccccc4)c(C(C)(C)O)cc3n2)CC1. The van der Waals surface area contributed by atoms with Crippen molar-refractivity contribution < 1.29 is 9.90 Å². The molecule has 1 aromatic heterocycles. The number of anilines is 1. The summed E-state index contributed by atoms with van der Waals surface area (Å²) in [5.41, 5.74) is 1.62. The van der Waals surface area contributed by atoms with Crippen LogP contribution in [0, 0.1) is 11.8 Å². The monoisotopic (exact) mass is 419 g/mol. The van der Waals surface area contributed by atoms with Gasteiger partial charge in [-0.25, -0.2) is 0 Å². The van der Waals surface area contributed by atoms with Gasteiger partial charge < -0.3 is 10.4 Å². The van der Waals surface area contributed by atoms with E-state index in [0.717, 1.165) is 35.6 Å².